The number of aryl methyl sites for hydroxylation is 2. The maximum atomic E-state index is 14.2. The molecular weight excluding hydrogens is 558 g/mol. The third kappa shape index (κ3) is 7.68. The Morgan fingerprint density at radius 1 is 0.951 bits per heavy atom. The van der Waals surface area contributed by atoms with Gasteiger partial charge in [-0.3, -0.25) is 13.9 Å². The first-order valence-corrected chi connectivity index (χ1v) is 15.9. The van der Waals surface area contributed by atoms with Crippen molar-refractivity contribution in [2.24, 2.45) is 0 Å². The van der Waals surface area contributed by atoms with Crippen LogP contribution in [0.25, 0.3) is 0 Å². The summed E-state index contributed by atoms with van der Waals surface area (Å²) in [6.45, 7) is 5.42. The number of hydrogen-bond acceptors (Lipinski definition) is 4. The first-order valence-electron chi connectivity index (χ1n) is 14.1. The molecule has 1 N–H and O–H groups in total. The summed E-state index contributed by atoms with van der Waals surface area (Å²) in [6, 6.07) is 20.0. The van der Waals surface area contributed by atoms with Crippen LogP contribution in [0.15, 0.2) is 77.7 Å². The van der Waals surface area contributed by atoms with Crippen LogP contribution in [0.1, 0.15) is 55.7 Å². The van der Waals surface area contributed by atoms with Crippen molar-refractivity contribution in [3.8, 4) is 0 Å². The van der Waals surface area contributed by atoms with Crippen molar-refractivity contribution in [3.05, 3.63) is 94.5 Å². The summed E-state index contributed by atoms with van der Waals surface area (Å²) in [7, 11) is -4.12. The van der Waals surface area contributed by atoms with Crippen molar-refractivity contribution in [1.29, 1.82) is 0 Å². The van der Waals surface area contributed by atoms with Gasteiger partial charge in [0, 0.05) is 17.6 Å². The van der Waals surface area contributed by atoms with E-state index in [9.17, 15) is 18.0 Å². The molecule has 9 heteroatoms. The van der Waals surface area contributed by atoms with Crippen molar-refractivity contribution < 1.29 is 18.0 Å². The van der Waals surface area contributed by atoms with Crippen LogP contribution >= 0.6 is 11.6 Å². The number of carbonyl (C=O) groups excluding carboxylic acids is 2. The molecule has 1 aliphatic carbocycles. The predicted octanol–water partition coefficient (Wildman–Crippen LogP) is 6.02. The van der Waals surface area contributed by atoms with E-state index in [0.717, 1.165) is 46.7 Å². The maximum Gasteiger partial charge on any atom is 0.264 e. The lowest BCUT2D eigenvalue weighted by Crippen LogP contribution is -2.53. The van der Waals surface area contributed by atoms with Crippen LogP contribution in [-0.4, -0.2) is 43.8 Å². The largest absolute Gasteiger partial charge is 0.352 e. The molecule has 3 aromatic rings. The van der Waals surface area contributed by atoms with Gasteiger partial charge in [0.15, 0.2) is 0 Å². The summed E-state index contributed by atoms with van der Waals surface area (Å²) in [5.41, 5.74) is 3.12. The summed E-state index contributed by atoms with van der Waals surface area (Å²) in [5.74, 6) is -0.676. The minimum absolute atomic E-state index is 0.0714. The molecule has 0 spiro atoms. The molecule has 41 heavy (non-hydrogen) atoms. The number of nitrogens with one attached hydrogen (secondary N) is 1. The zero-order chi connectivity index (χ0) is 29.6. The van der Waals surface area contributed by atoms with Gasteiger partial charge < -0.3 is 10.2 Å². The fourth-order valence-electron chi connectivity index (χ4n) is 5.27. The first-order chi connectivity index (χ1) is 19.6. The summed E-state index contributed by atoms with van der Waals surface area (Å²) >= 11 is 6.10. The first kappa shape index (κ1) is 30.6. The van der Waals surface area contributed by atoms with Crippen LogP contribution in [0.3, 0.4) is 0 Å². The third-order valence-corrected chi connectivity index (χ3v) is 9.57. The fourth-order valence-corrected chi connectivity index (χ4v) is 6.81. The second kappa shape index (κ2) is 13.5. The van der Waals surface area contributed by atoms with E-state index < -0.39 is 28.5 Å². The van der Waals surface area contributed by atoms with E-state index in [2.05, 4.69) is 5.32 Å². The number of halogens is 1. The Labute approximate surface area is 248 Å². The van der Waals surface area contributed by atoms with E-state index in [4.69, 9.17) is 11.6 Å². The van der Waals surface area contributed by atoms with E-state index in [0.29, 0.717) is 17.1 Å². The minimum Gasteiger partial charge on any atom is -0.352 e. The fraction of sp³-hybridized carbons (Fsp3) is 0.375. The molecule has 0 saturated heterocycles. The number of carbonyl (C=O) groups is 2. The highest BCUT2D eigenvalue weighted by Gasteiger charge is 2.34. The monoisotopic (exact) mass is 595 g/mol. The molecule has 0 bridgehead atoms. The number of sulfonamides is 1. The highest BCUT2D eigenvalue weighted by atomic mass is 35.5. The van der Waals surface area contributed by atoms with E-state index >= 15 is 0 Å². The summed E-state index contributed by atoms with van der Waals surface area (Å²) in [4.78, 5) is 29.3. The van der Waals surface area contributed by atoms with E-state index in [1.165, 1.54) is 17.0 Å². The number of nitrogens with zero attached hydrogens (tertiary/aromatic N) is 2. The Bertz CT molecular complexity index is 1450. The van der Waals surface area contributed by atoms with Crippen molar-refractivity contribution in [2.75, 3.05) is 10.8 Å². The molecular formula is C32H38ClN3O4S. The van der Waals surface area contributed by atoms with Crippen molar-refractivity contribution in [3.63, 3.8) is 0 Å². The Morgan fingerprint density at radius 3 is 2.22 bits per heavy atom. The van der Waals surface area contributed by atoms with Crippen LogP contribution in [0.4, 0.5) is 5.69 Å². The lowest BCUT2D eigenvalue weighted by Gasteiger charge is -2.34. The van der Waals surface area contributed by atoms with E-state index in [-0.39, 0.29) is 23.4 Å². The van der Waals surface area contributed by atoms with Gasteiger partial charge in [-0.05, 0) is 75.1 Å². The van der Waals surface area contributed by atoms with Crippen molar-refractivity contribution in [1.82, 2.24) is 10.2 Å². The number of hydrogen-bond donors (Lipinski definition) is 1. The molecule has 0 aliphatic heterocycles. The normalized spacial score (nSPS) is 14.4. The molecule has 1 atom stereocenters. The number of benzene rings is 3. The molecule has 7 nitrogen and oxygen atoms in total. The Balaban J connectivity index is 1.71. The van der Waals surface area contributed by atoms with Gasteiger partial charge in [-0.1, -0.05) is 78.9 Å². The standard InChI is InChI=1S/C32H38ClN3O4S/c1-4-30(32(38)34-27-10-5-6-11-27)35(21-25-9-7-8-24(3)20-25)31(37)22-36(28-16-14-26(33)15-17-28)41(39,40)29-18-12-23(2)13-19-29/h7-9,12-20,27,30H,4-6,10-11,21-22H2,1-3H3,(H,34,38). The molecule has 0 radical (unpaired) electrons. The lowest BCUT2D eigenvalue weighted by atomic mass is 10.1. The minimum atomic E-state index is -4.12. The van der Waals surface area contributed by atoms with Gasteiger partial charge in [0.1, 0.15) is 12.6 Å². The van der Waals surface area contributed by atoms with Crippen LogP contribution in [0.5, 0.6) is 0 Å². The maximum absolute atomic E-state index is 14.2. The summed E-state index contributed by atoms with van der Waals surface area (Å²) in [6.07, 6.45) is 4.38. The highest BCUT2D eigenvalue weighted by molar-refractivity contribution is 7.92. The highest BCUT2D eigenvalue weighted by Crippen LogP contribution is 2.27. The van der Waals surface area contributed by atoms with Crippen molar-refractivity contribution in [2.45, 2.75) is 76.4 Å². The van der Waals surface area contributed by atoms with Gasteiger partial charge in [0.05, 0.1) is 10.6 Å². The lowest BCUT2D eigenvalue weighted by molar-refractivity contribution is -0.140. The van der Waals surface area contributed by atoms with Crippen LogP contribution in [-0.2, 0) is 26.2 Å². The van der Waals surface area contributed by atoms with Crippen LogP contribution < -0.4 is 9.62 Å². The van der Waals surface area contributed by atoms with Crippen molar-refractivity contribution >= 4 is 39.1 Å². The number of rotatable bonds is 11. The summed E-state index contributed by atoms with van der Waals surface area (Å²) in [5, 5.41) is 3.58. The van der Waals surface area contributed by atoms with Gasteiger partial charge >= 0.3 is 0 Å². The topological polar surface area (TPSA) is 86.8 Å². The molecule has 218 valence electrons. The molecule has 4 rings (SSSR count). The quantitative estimate of drug-likeness (QED) is 0.294. The average Bonchev–Trinajstić information content (AvgIpc) is 3.45. The summed E-state index contributed by atoms with van der Waals surface area (Å²) < 4.78 is 29.0. The van der Waals surface area contributed by atoms with Gasteiger partial charge in [-0.2, -0.15) is 0 Å². The van der Waals surface area contributed by atoms with Crippen LogP contribution in [0, 0.1) is 13.8 Å². The molecule has 1 saturated carbocycles. The number of amides is 2. The van der Waals surface area contributed by atoms with Gasteiger partial charge in [0.25, 0.3) is 10.0 Å². The average molecular weight is 596 g/mol. The van der Waals surface area contributed by atoms with Gasteiger partial charge in [-0.15, -0.1) is 0 Å². The van der Waals surface area contributed by atoms with Gasteiger partial charge in [0.2, 0.25) is 11.8 Å². The Morgan fingerprint density at radius 2 is 1.61 bits per heavy atom. The molecule has 1 aliphatic rings. The molecule has 3 aromatic carbocycles. The zero-order valence-electron chi connectivity index (χ0n) is 23.8. The predicted molar refractivity (Wildman–Crippen MR) is 163 cm³/mol. The molecule has 1 fully saturated rings. The second-order valence-corrected chi connectivity index (χ2v) is 13.0. The number of anilines is 1. The molecule has 2 amide bonds. The van der Waals surface area contributed by atoms with Crippen LogP contribution in [0.2, 0.25) is 5.02 Å². The molecule has 0 aromatic heterocycles. The second-order valence-electron chi connectivity index (χ2n) is 10.7. The Hall–Kier alpha value is -3.36. The Kier molecular flexibility index (Phi) is 10.1. The molecule has 0 heterocycles. The third-order valence-electron chi connectivity index (χ3n) is 7.53. The van der Waals surface area contributed by atoms with E-state index in [1.807, 2.05) is 45.0 Å². The SMILES string of the molecule is CCC(C(=O)NC1CCCC1)N(Cc1cccc(C)c1)C(=O)CN(c1ccc(Cl)cc1)S(=O)(=O)c1ccc(C)cc1. The van der Waals surface area contributed by atoms with E-state index in [1.54, 1.807) is 36.4 Å². The molecule has 1 unspecified atom stereocenters. The smallest absolute Gasteiger partial charge is 0.264 e. The van der Waals surface area contributed by atoms with Gasteiger partial charge in [-0.25, -0.2) is 8.42 Å². The zero-order valence-corrected chi connectivity index (χ0v) is 25.4.